The van der Waals surface area contributed by atoms with Crippen molar-refractivity contribution < 1.29 is 14.7 Å². The number of rotatable bonds is 3. The summed E-state index contributed by atoms with van der Waals surface area (Å²) in [5.41, 5.74) is 5.22. The summed E-state index contributed by atoms with van der Waals surface area (Å²) < 4.78 is 0. The normalized spacial score (nSPS) is 18.3. The lowest BCUT2D eigenvalue weighted by molar-refractivity contribution is -0.122. The first-order chi connectivity index (χ1) is 9.08. The fourth-order valence-electron chi connectivity index (χ4n) is 1.51. The van der Waals surface area contributed by atoms with Crippen LogP contribution in [0.25, 0.3) is 0 Å². The highest BCUT2D eigenvalue weighted by molar-refractivity contribution is 6.44. The minimum absolute atomic E-state index is 0.0954. The maximum absolute atomic E-state index is 11.7. The molecule has 1 aliphatic rings. The fourth-order valence-corrected chi connectivity index (χ4v) is 1.51. The Morgan fingerprint density at radius 1 is 1.58 bits per heavy atom. The summed E-state index contributed by atoms with van der Waals surface area (Å²) in [7, 11) is 0. The summed E-state index contributed by atoms with van der Waals surface area (Å²) in [5, 5.41) is 16.6. The molecule has 1 atom stereocenters. The van der Waals surface area contributed by atoms with E-state index in [0.717, 1.165) is 0 Å². The van der Waals surface area contributed by atoms with Crippen LogP contribution < -0.4 is 10.9 Å². The third-order valence-electron chi connectivity index (χ3n) is 2.57. The van der Waals surface area contributed by atoms with E-state index in [2.05, 4.69) is 21.1 Å². The number of amides is 2. The Balaban J connectivity index is 1.96. The summed E-state index contributed by atoms with van der Waals surface area (Å²) >= 11 is 0. The lowest BCUT2D eigenvalue weighted by atomic mass is 10.1. The molecule has 0 saturated carbocycles. The zero-order valence-corrected chi connectivity index (χ0v) is 10.1. The van der Waals surface area contributed by atoms with Gasteiger partial charge >= 0.3 is 0 Å². The highest BCUT2D eigenvalue weighted by atomic mass is 16.3. The molecule has 2 amide bonds. The van der Waals surface area contributed by atoms with Gasteiger partial charge in [0.25, 0.3) is 5.91 Å². The molecule has 1 aliphatic heterocycles. The first-order valence-electron chi connectivity index (χ1n) is 5.58. The molecular weight excluding hydrogens is 248 g/mol. The average molecular weight is 260 g/mol. The van der Waals surface area contributed by atoms with Crippen LogP contribution in [0, 0.1) is 5.92 Å². The Bertz CT molecular complexity index is 580. The van der Waals surface area contributed by atoms with Gasteiger partial charge < -0.3 is 5.11 Å². The second kappa shape index (κ2) is 5.30. The lowest BCUT2D eigenvalue weighted by Crippen LogP contribution is -2.32. The van der Waals surface area contributed by atoms with Crippen LogP contribution in [0.4, 0.5) is 0 Å². The van der Waals surface area contributed by atoms with Gasteiger partial charge in [0.05, 0.1) is 12.1 Å². The van der Waals surface area contributed by atoms with Crippen LogP contribution in [0.1, 0.15) is 12.5 Å². The molecule has 98 valence electrons. The van der Waals surface area contributed by atoms with E-state index in [-0.39, 0.29) is 17.4 Å². The van der Waals surface area contributed by atoms with E-state index in [4.69, 9.17) is 0 Å². The molecule has 0 aliphatic carbocycles. The Hall–Kier alpha value is -2.70. The molecule has 1 unspecified atom stereocenters. The predicted octanol–water partition coefficient (Wildman–Crippen LogP) is -0.0358. The third kappa shape index (κ3) is 2.95. The molecule has 1 heterocycles. The van der Waals surface area contributed by atoms with Gasteiger partial charge in [-0.1, -0.05) is 12.1 Å². The van der Waals surface area contributed by atoms with E-state index in [1.165, 1.54) is 18.3 Å². The van der Waals surface area contributed by atoms with Crippen LogP contribution in [0.2, 0.25) is 0 Å². The maximum atomic E-state index is 11.7. The van der Waals surface area contributed by atoms with Crippen LogP contribution in [0.15, 0.2) is 34.5 Å². The van der Waals surface area contributed by atoms with Gasteiger partial charge in [-0.15, -0.1) is 0 Å². The second-order valence-corrected chi connectivity index (χ2v) is 3.99. The number of carbonyl (C=O) groups is 2. The summed E-state index contributed by atoms with van der Waals surface area (Å²) in [4.78, 5) is 22.8. The number of nitrogens with one attached hydrogen (secondary N) is 2. The van der Waals surface area contributed by atoms with Crippen LogP contribution in [0.5, 0.6) is 5.75 Å². The topological polar surface area (TPSA) is 103 Å². The molecule has 0 saturated heterocycles. The molecule has 0 bridgehead atoms. The van der Waals surface area contributed by atoms with Gasteiger partial charge in [-0.25, -0.2) is 10.9 Å². The van der Waals surface area contributed by atoms with Gasteiger partial charge in [-0.2, -0.15) is 10.2 Å². The van der Waals surface area contributed by atoms with Crippen molar-refractivity contribution in [1.29, 1.82) is 0 Å². The van der Waals surface area contributed by atoms with Gasteiger partial charge in [0.1, 0.15) is 11.5 Å². The van der Waals surface area contributed by atoms with E-state index < -0.39 is 11.8 Å². The largest absolute Gasteiger partial charge is 0.508 e. The Morgan fingerprint density at radius 3 is 3.00 bits per heavy atom. The highest BCUT2D eigenvalue weighted by Gasteiger charge is 2.30. The Labute approximate surface area is 109 Å². The van der Waals surface area contributed by atoms with Crippen LogP contribution in [-0.4, -0.2) is 28.8 Å². The zero-order valence-electron chi connectivity index (χ0n) is 10.1. The molecule has 7 nitrogen and oxygen atoms in total. The fraction of sp³-hybridized carbons (Fsp3) is 0.167. The smallest absolute Gasteiger partial charge is 0.288 e. The van der Waals surface area contributed by atoms with Crippen LogP contribution >= 0.6 is 0 Å². The van der Waals surface area contributed by atoms with E-state index >= 15 is 0 Å². The predicted molar refractivity (Wildman–Crippen MR) is 68.6 cm³/mol. The van der Waals surface area contributed by atoms with Crippen molar-refractivity contribution in [2.45, 2.75) is 6.92 Å². The first kappa shape index (κ1) is 12.7. The average Bonchev–Trinajstić information content (AvgIpc) is 2.70. The van der Waals surface area contributed by atoms with Crippen molar-refractivity contribution in [2.75, 3.05) is 0 Å². The van der Waals surface area contributed by atoms with Crippen molar-refractivity contribution in [3.63, 3.8) is 0 Å². The van der Waals surface area contributed by atoms with Crippen molar-refractivity contribution in [3.05, 3.63) is 29.8 Å². The maximum Gasteiger partial charge on any atom is 0.288 e. The van der Waals surface area contributed by atoms with E-state index in [9.17, 15) is 14.7 Å². The van der Waals surface area contributed by atoms with Crippen molar-refractivity contribution >= 4 is 23.7 Å². The number of hydrazone groups is 2. The highest BCUT2D eigenvalue weighted by Crippen LogP contribution is 2.09. The second-order valence-electron chi connectivity index (χ2n) is 3.99. The molecule has 19 heavy (non-hydrogen) atoms. The number of carbonyl (C=O) groups excluding carboxylic acids is 2. The molecular formula is C12H12N4O3. The SMILES string of the molecule is CC1C(=O)NN=C1C(=O)NN=Cc1cccc(O)c1. The first-order valence-corrected chi connectivity index (χ1v) is 5.58. The number of benzene rings is 1. The molecule has 1 aromatic rings. The minimum Gasteiger partial charge on any atom is -0.508 e. The number of phenolic OH excluding ortho intramolecular Hbond substituents is 1. The van der Waals surface area contributed by atoms with E-state index in [0.29, 0.717) is 5.56 Å². The zero-order chi connectivity index (χ0) is 13.8. The summed E-state index contributed by atoms with van der Waals surface area (Å²) in [6.07, 6.45) is 1.38. The molecule has 3 N–H and O–H groups in total. The number of hydrogen-bond donors (Lipinski definition) is 3. The third-order valence-corrected chi connectivity index (χ3v) is 2.57. The number of phenols is 1. The van der Waals surface area contributed by atoms with Crippen LogP contribution in [-0.2, 0) is 9.59 Å². The van der Waals surface area contributed by atoms with E-state index in [1.54, 1.807) is 19.1 Å². The van der Waals surface area contributed by atoms with Gasteiger partial charge in [0, 0.05) is 0 Å². The molecule has 0 spiro atoms. The van der Waals surface area contributed by atoms with Gasteiger partial charge in [-0.05, 0) is 24.6 Å². The number of nitrogens with zero attached hydrogens (tertiary/aromatic N) is 2. The lowest BCUT2D eigenvalue weighted by Gasteiger charge is -2.01. The molecule has 0 fully saturated rings. The van der Waals surface area contributed by atoms with Gasteiger partial charge in [0.15, 0.2) is 0 Å². The standard InChI is InChI=1S/C12H12N4O3/c1-7-10(14-16-11(7)18)12(19)15-13-6-8-3-2-4-9(17)5-8/h2-7,17H,1H3,(H,15,19)(H,16,18). The van der Waals surface area contributed by atoms with Crippen molar-refractivity contribution in [1.82, 2.24) is 10.9 Å². The number of aromatic hydroxyl groups is 1. The molecule has 2 rings (SSSR count). The summed E-state index contributed by atoms with van der Waals surface area (Å²) in [5.74, 6) is -1.33. The molecule has 7 heteroatoms. The molecule has 0 radical (unpaired) electrons. The Morgan fingerprint density at radius 2 is 2.37 bits per heavy atom. The quantitative estimate of drug-likeness (QED) is 0.525. The monoisotopic (exact) mass is 260 g/mol. The van der Waals surface area contributed by atoms with Gasteiger partial charge in [-0.3, -0.25) is 9.59 Å². The molecule has 1 aromatic carbocycles. The van der Waals surface area contributed by atoms with Gasteiger partial charge in [0.2, 0.25) is 5.91 Å². The van der Waals surface area contributed by atoms with Crippen molar-refractivity contribution in [3.8, 4) is 5.75 Å². The Kier molecular flexibility index (Phi) is 3.56. The summed E-state index contributed by atoms with van der Waals surface area (Å²) in [6.45, 7) is 1.58. The minimum atomic E-state index is -0.587. The molecule has 0 aromatic heterocycles. The van der Waals surface area contributed by atoms with E-state index in [1.807, 2.05) is 0 Å². The number of hydrogen-bond acceptors (Lipinski definition) is 5. The van der Waals surface area contributed by atoms with Crippen LogP contribution in [0.3, 0.4) is 0 Å². The summed E-state index contributed by atoms with van der Waals surface area (Å²) in [6, 6.07) is 6.40. The van der Waals surface area contributed by atoms with Crippen molar-refractivity contribution in [2.24, 2.45) is 16.1 Å².